The molecule has 2 aliphatic rings. The number of nitrogens with two attached hydrogens (primary N) is 1. The zero-order valence-electron chi connectivity index (χ0n) is 12.3. The molecule has 2 aliphatic carbocycles. The summed E-state index contributed by atoms with van der Waals surface area (Å²) in [5.74, 6) is 0.398. The Balaban J connectivity index is 1.66. The molecule has 2 aromatic rings. The van der Waals surface area contributed by atoms with Crippen LogP contribution in [-0.2, 0) is 19.3 Å². The SMILES string of the molecule is NC(c1cc2c(s1)CCCC2)C1CCCc2cccnc21. The first-order valence-corrected chi connectivity index (χ1v) is 8.95. The van der Waals surface area contributed by atoms with Crippen LogP contribution in [0.15, 0.2) is 24.4 Å². The number of fused-ring (bicyclic) bond motifs is 2. The summed E-state index contributed by atoms with van der Waals surface area (Å²) in [5.41, 5.74) is 10.9. The number of pyridine rings is 1. The van der Waals surface area contributed by atoms with Gasteiger partial charge in [0.25, 0.3) is 0 Å². The van der Waals surface area contributed by atoms with Crippen LogP contribution < -0.4 is 5.73 Å². The van der Waals surface area contributed by atoms with Gasteiger partial charge in [-0.3, -0.25) is 4.98 Å². The lowest BCUT2D eigenvalue weighted by molar-refractivity contribution is 0.467. The van der Waals surface area contributed by atoms with Gasteiger partial charge in [0.2, 0.25) is 0 Å². The van der Waals surface area contributed by atoms with Crippen molar-refractivity contribution in [3.05, 3.63) is 51.0 Å². The molecular formula is C18H22N2S. The fourth-order valence-corrected chi connectivity index (χ4v) is 5.20. The minimum atomic E-state index is 0.120. The monoisotopic (exact) mass is 298 g/mol. The maximum atomic E-state index is 6.67. The third-order valence-corrected chi connectivity index (χ3v) is 6.35. The lowest BCUT2D eigenvalue weighted by Gasteiger charge is -2.28. The molecule has 2 heterocycles. The maximum Gasteiger partial charge on any atom is 0.0485 e. The van der Waals surface area contributed by atoms with Gasteiger partial charge >= 0.3 is 0 Å². The summed E-state index contributed by atoms with van der Waals surface area (Å²) in [4.78, 5) is 7.62. The molecule has 2 N–H and O–H groups in total. The highest BCUT2D eigenvalue weighted by Gasteiger charge is 2.29. The average Bonchev–Trinajstić information content (AvgIpc) is 2.97. The van der Waals surface area contributed by atoms with Gasteiger partial charge in [0, 0.05) is 33.6 Å². The first kappa shape index (κ1) is 13.5. The van der Waals surface area contributed by atoms with Crippen LogP contribution in [0.25, 0.3) is 0 Å². The molecule has 0 saturated heterocycles. The van der Waals surface area contributed by atoms with E-state index in [4.69, 9.17) is 5.73 Å². The van der Waals surface area contributed by atoms with Crippen LogP contribution in [0.4, 0.5) is 0 Å². The van der Waals surface area contributed by atoms with Crippen molar-refractivity contribution in [2.45, 2.75) is 56.9 Å². The number of nitrogens with zero attached hydrogens (tertiary/aromatic N) is 1. The summed E-state index contributed by atoms with van der Waals surface area (Å²) >= 11 is 1.96. The van der Waals surface area contributed by atoms with E-state index in [9.17, 15) is 0 Å². The van der Waals surface area contributed by atoms with Gasteiger partial charge in [-0.05, 0) is 68.2 Å². The fourth-order valence-electron chi connectivity index (χ4n) is 3.87. The van der Waals surface area contributed by atoms with Gasteiger partial charge in [-0.15, -0.1) is 11.3 Å². The van der Waals surface area contributed by atoms with Crippen molar-refractivity contribution in [2.75, 3.05) is 0 Å². The molecule has 0 radical (unpaired) electrons. The van der Waals surface area contributed by atoms with E-state index in [1.165, 1.54) is 54.7 Å². The third kappa shape index (κ3) is 2.43. The van der Waals surface area contributed by atoms with Crippen LogP contribution in [0.3, 0.4) is 0 Å². The zero-order valence-corrected chi connectivity index (χ0v) is 13.2. The number of aryl methyl sites for hydroxylation is 3. The Labute approximate surface area is 130 Å². The van der Waals surface area contributed by atoms with Gasteiger partial charge in [0.05, 0.1) is 0 Å². The Morgan fingerprint density at radius 3 is 2.90 bits per heavy atom. The Kier molecular flexibility index (Phi) is 3.56. The van der Waals surface area contributed by atoms with Crippen molar-refractivity contribution >= 4 is 11.3 Å². The molecule has 2 unspecified atom stereocenters. The molecule has 3 heteroatoms. The van der Waals surface area contributed by atoms with Crippen LogP contribution in [0, 0.1) is 0 Å². The summed E-state index contributed by atoms with van der Waals surface area (Å²) in [6.45, 7) is 0. The van der Waals surface area contributed by atoms with E-state index >= 15 is 0 Å². The molecule has 2 aromatic heterocycles. The Morgan fingerprint density at radius 2 is 2.00 bits per heavy atom. The fraction of sp³-hybridized carbons (Fsp3) is 0.500. The van der Waals surface area contributed by atoms with E-state index in [1.807, 2.05) is 17.5 Å². The summed E-state index contributed by atoms with van der Waals surface area (Å²) in [7, 11) is 0. The van der Waals surface area contributed by atoms with Gasteiger partial charge in [-0.2, -0.15) is 0 Å². The summed E-state index contributed by atoms with van der Waals surface area (Å²) < 4.78 is 0. The van der Waals surface area contributed by atoms with Gasteiger partial charge in [0.1, 0.15) is 0 Å². The highest BCUT2D eigenvalue weighted by molar-refractivity contribution is 7.12. The number of aromatic nitrogens is 1. The number of thiophene rings is 1. The molecule has 2 nitrogen and oxygen atoms in total. The lowest BCUT2D eigenvalue weighted by atomic mass is 9.81. The second-order valence-corrected chi connectivity index (χ2v) is 7.54. The van der Waals surface area contributed by atoms with Crippen molar-refractivity contribution in [1.29, 1.82) is 0 Å². The second kappa shape index (κ2) is 5.54. The molecule has 21 heavy (non-hydrogen) atoms. The van der Waals surface area contributed by atoms with Crippen molar-refractivity contribution in [1.82, 2.24) is 4.98 Å². The molecule has 0 amide bonds. The van der Waals surface area contributed by atoms with Crippen LogP contribution in [0.5, 0.6) is 0 Å². The molecule has 0 saturated carbocycles. The minimum absolute atomic E-state index is 0.120. The molecule has 0 aromatic carbocycles. The van der Waals surface area contributed by atoms with Crippen LogP contribution in [0.1, 0.15) is 64.2 Å². The van der Waals surface area contributed by atoms with Crippen molar-refractivity contribution in [3.8, 4) is 0 Å². The number of rotatable bonds is 2. The minimum Gasteiger partial charge on any atom is -0.323 e. The standard InChI is InChI=1S/C18H22N2S/c19-17(16-11-13-5-1-2-9-15(13)21-16)14-8-3-6-12-7-4-10-20-18(12)14/h4,7,10-11,14,17H,1-3,5-6,8-9,19H2. The highest BCUT2D eigenvalue weighted by atomic mass is 32.1. The van der Waals surface area contributed by atoms with Crippen LogP contribution >= 0.6 is 11.3 Å². The van der Waals surface area contributed by atoms with E-state index in [-0.39, 0.29) is 6.04 Å². The predicted octanol–water partition coefficient (Wildman–Crippen LogP) is 4.14. The second-order valence-electron chi connectivity index (χ2n) is 6.38. The van der Waals surface area contributed by atoms with Crippen LogP contribution in [-0.4, -0.2) is 4.98 Å². The predicted molar refractivity (Wildman–Crippen MR) is 87.8 cm³/mol. The summed E-state index contributed by atoms with van der Waals surface area (Å²) in [6, 6.07) is 6.78. The van der Waals surface area contributed by atoms with Gasteiger partial charge in [-0.1, -0.05) is 6.07 Å². The molecule has 110 valence electrons. The van der Waals surface area contributed by atoms with E-state index in [0.717, 1.165) is 6.42 Å². The smallest absolute Gasteiger partial charge is 0.0485 e. The topological polar surface area (TPSA) is 38.9 Å². The van der Waals surface area contributed by atoms with Gasteiger partial charge in [0.15, 0.2) is 0 Å². The lowest BCUT2D eigenvalue weighted by Crippen LogP contribution is -2.23. The number of hydrogen-bond acceptors (Lipinski definition) is 3. The Morgan fingerprint density at radius 1 is 1.14 bits per heavy atom. The summed E-state index contributed by atoms with van der Waals surface area (Å²) in [6.07, 6.45) is 10.7. The van der Waals surface area contributed by atoms with Crippen molar-refractivity contribution in [3.63, 3.8) is 0 Å². The van der Waals surface area contributed by atoms with E-state index in [1.54, 1.807) is 10.4 Å². The van der Waals surface area contributed by atoms with Crippen molar-refractivity contribution in [2.24, 2.45) is 5.73 Å². The normalized spacial score (nSPS) is 22.4. The molecular weight excluding hydrogens is 276 g/mol. The average molecular weight is 298 g/mol. The van der Waals surface area contributed by atoms with Crippen molar-refractivity contribution < 1.29 is 0 Å². The highest BCUT2D eigenvalue weighted by Crippen LogP contribution is 2.41. The van der Waals surface area contributed by atoms with E-state index in [2.05, 4.69) is 23.2 Å². The summed E-state index contributed by atoms with van der Waals surface area (Å²) in [5, 5.41) is 0. The Hall–Kier alpha value is -1.19. The molecule has 0 bridgehead atoms. The molecule has 0 spiro atoms. The molecule has 4 rings (SSSR count). The van der Waals surface area contributed by atoms with Crippen LogP contribution in [0.2, 0.25) is 0 Å². The third-order valence-electron chi connectivity index (χ3n) is 5.02. The van der Waals surface area contributed by atoms with Gasteiger partial charge in [-0.25, -0.2) is 0 Å². The zero-order chi connectivity index (χ0) is 14.2. The largest absolute Gasteiger partial charge is 0.323 e. The molecule has 0 fully saturated rings. The first-order chi connectivity index (χ1) is 10.3. The number of hydrogen-bond donors (Lipinski definition) is 1. The van der Waals surface area contributed by atoms with E-state index < -0.39 is 0 Å². The van der Waals surface area contributed by atoms with Gasteiger partial charge < -0.3 is 5.73 Å². The molecule has 2 atom stereocenters. The quantitative estimate of drug-likeness (QED) is 0.905. The molecule has 0 aliphatic heterocycles. The first-order valence-electron chi connectivity index (χ1n) is 8.14. The Bertz CT molecular complexity index is 623. The van der Waals surface area contributed by atoms with E-state index in [0.29, 0.717) is 5.92 Å². The maximum absolute atomic E-state index is 6.67.